The van der Waals surface area contributed by atoms with Crippen LogP contribution in [0.1, 0.15) is 51.3 Å². The Labute approximate surface area is 157 Å². The van der Waals surface area contributed by atoms with E-state index < -0.39 is 0 Å². The summed E-state index contributed by atoms with van der Waals surface area (Å²) in [4.78, 5) is 2.33. The molecule has 144 valence electrons. The highest BCUT2D eigenvalue weighted by Gasteiger charge is 2.14. The van der Waals surface area contributed by atoms with Crippen molar-refractivity contribution in [1.29, 1.82) is 0 Å². The first-order valence-corrected chi connectivity index (χ1v) is 9.77. The Balaban J connectivity index is 2.07. The minimum atomic E-state index is -0.290. The van der Waals surface area contributed by atoms with Crippen LogP contribution in [0.15, 0.2) is 42.6 Å². The molecule has 1 aromatic heterocycles. The smallest absolute Gasteiger partial charge is 0.128 e. The van der Waals surface area contributed by atoms with Gasteiger partial charge in [-0.1, -0.05) is 45.4 Å². The van der Waals surface area contributed by atoms with Crippen LogP contribution in [0.25, 0.3) is 0 Å². The van der Waals surface area contributed by atoms with E-state index in [0.717, 1.165) is 38.0 Å². The van der Waals surface area contributed by atoms with Crippen LogP contribution in [0.2, 0.25) is 0 Å². The van der Waals surface area contributed by atoms with Gasteiger partial charge in [0, 0.05) is 30.5 Å². The van der Waals surface area contributed by atoms with Crippen molar-refractivity contribution >= 4 is 0 Å². The van der Waals surface area contributed by atoms with E-state index in [0.29, 0.717) is 24.6 Å². The number of aliphatic hydroxyl groups excluding tert-OH is 1. The van der Waals surface area contributed by atoms with E-state index in [-0.39, 0.29) is 11.9 Å². The number of nitrogens with zero attached hydrogens (tertiary/aromatic N) is 2. The molecule has 1 unspecified atom stereocenters. The van der Waals surface area contributed by atoms with Crippen LogP contribution >= 0.6 is 0 Å². The second-order valence-corrected chi connectivity index (χ2v) is 7.58. The molecule has 0 bridgehead atoms. The van der Waals surface area contributed by atoms with Crippen molar-refractivity contribution in [1.82, 2.24) is 9.47 Å². The lowest BCUT2D eigenvalue weighted by Crippen LogP contribution is -2.34. The maximum Gasteiger partial charge on any atom is 0.128 e. The molecule has 3 nitrogen and oxygen atoms in total. The summed E-state index contributed by atoms with van der Waals surface area (Å²) in [6.07, 6.45) is 4.64. The maximum atomic E-state index is 14.0. The molecule has 0 saturated carbocycles. The molecule has 2 rings (SSSR count). The Bertz CT molecular complexity index is 653. The van der Waals surface area contributed by atoms with Crippen molar-refractivity contribution in [3.8, 4) is 0 Å². The standard InChI is InChI=1S/C22H33FN2O/c1-4-8-21(26)17-24(14-12-18(2)3)16-20-10-7-13-25(20)15-19-9-5-6-11-22(19)23/h5-7,9-11,13,18,21,26H,4,8,12,14-17H2,1-3H3. The van der Waals surface area contributed by atoms with Crippen LogP contribution in [0.5, 0.6) is 0 Å². The fraction of sp³-hybridized carbons (Fsp3) is 0.545. The Morgan fingerprint density at radius 3 is 2.58 bits per heavy atom. The summed E-state index contributed by atoms with van der Waals surface area (Å²) in [6.45, 7) is 9.50. The van der Waals surface area contributed by atoms with Gasteiger partial charge in [0.25, 0.3) is 0 Å². The highest BCUT2D eigenvalue weighted by molar-refractivity contribution is 5.19. The van der Waals surface area contributed by atoms with Gasteiger partial charge in [-0.05, 0) is 43.5 Å². The van der Waals surface area contributed by atoms with Gasteiger partial charge in [-0.25, -0.2) is 4.39 Å². The van der Waals surface area contributed by atoms with Crippen molar-refractivity contribution in [2.24, 2.45) is 5.92 Å². The number of aliphatic hydroxyl groups is 1. The van der Waals surface area contributed by atoms with Crippen LogP contribution in [-0.4, -0.2) is 33.8 Å². The third-order valence-electron chi connectivity index (χ3n) is 4.72. The van der Waals surface area contributed by atoms with Gasteiger partial charge in [0.1, 0.15) is 5.82 Å². The zero-order chi connectivity index (χ0) is 18.9. The summed E-state index contributed by atoms with van der Waals surface area (Å²) >= 11 is 0. The van der Waals surface area contributed by atoms with Crippen LogP contribution in [0.3, 0.4) is 0 Å². The predicted molar refractivity (Wildman–Crippen MR) is 106 cm³/mol. The molecular weight excluding hydrogens is 327 g/mol. The average molecular weight is 361 g/mol. The average Bonchev–Trinajstić information content (AvgIpc) is 3.02. The van der Waals surface area contributed by atoms with E-state index in [4.69, 9.17) is 0 Å². The van der Waals surface area contributed by atoms with Crippen LogP contribution in [-0.2, 0) is 13.1 Å². The predicted octanol–water partition coefficient (Wildman–Crippen LogP) is 4.68. The van der Waals surface area contributed by atoms with Crippen molar-refractivity contribution in [3.63, 3.8) is 0 Å². The molecule has 0 fully saturated rings. The normalized spacial score (nSPS) is 12.9. The Morgan fingerprint density at radius 1 is 1.12 bits per heavy atom. The quantitative estimate of drug-likeness (QED) is 0.630. The monoisotopic (exact) mass is 360 g/mol. The van der Waals surface area contributed by atoms with Gasteiger partial charge in [-0.15, -0.1) is 0 Å². The molecule has 0 radical (unpaired) electrons. The van der Waals surface area contributed by atoms with Gasteiger partial charge < -0.3 is 9.67 Å². The highest BCUT2D eigenvalue weighted by Crippen LogP contribution is 2.15. The summed E-state index contributed by atoms with van der Waals surface area (Å²) in [5, 5.41) is 10.3. The molecule has 0 spiro atoms. The number of aromatic nitrogens is 1. The Hall–Kier alpha value is -1.65. The first-order valence-electron chi connectivity index (χ1n) is 9.77. The minimum Gasteiger partial charge on any atom is -0.392 e. The van der Waals surface area contributed by atoms with E-state index in [1.165, 1.54) is 6.07 Å². The SMILES string of the molecule is CCCC(O)CN(CCC(C)C)Cc1cccn1Cc1ccccc1F. The lowest BCUT2D eigenvalue weighted by molar-refractivity contribution is 0.0969. The third kappa shape index (κ3) is 6.58. The summed E-state index contributed by atoms with van der Waals surface area (Å²) in [5.74, 6) is 0.466. The first kappa shape index (κ1) is 20.7. The van der Waals surface area contributed by atoms with Crippen molar-refractivity contribution in [3.05, 3.63) is 59.7 Å². The van der Waals surface area contributed by atoms with Crippen LogP contribution < -0.4 is 0 Å². The fourth-order valence-electron chi connectivity index (χ4n) is 3.18. The molecule has 1 aromatic carbocycles. The lowest BCUT2D eigenvalue weighted by Gasteiger charge is -2.26. The van der Waals surface area contributed by atoms with Crippen molar-refractivity contribution in [2.75, 3.05) is 13.1 Å². The zero-order valence-corrected chi connectivity index (χ0v) is 16.4. The molecule has 0 aliphatic rings. The Kier molecular flexibility index (Phi) is 8.33. The van der Waals surface area contributed by atoms with Gasteiger partial charge in [-0.2, -0.15) is 0 Å². The van der Waals surface area contributed by atoms with Gasteiger partial charge in [0.15, 0.2) is 0 Å². The zero-order valence-electron chi connectivity index (χ0n) is 16.4. The largest absolute Gasteiger partial charge is 0.392 e. The number of benzene rings is 1. The minimum absolute atomic E-state index is 0.165. The van der Waals surface area contributed by atoms with E-state index in [2.05, 4.69) is 36.3 Å². The summed E-state index contributed by atoms with van der Waals surface area (Å²) in [6, 6.07) is 11.0. The molecule has 1 heterocycles. The molecule has 0 saturated heterocycles. The lowest BCUT2D eigenvalue weighted by atomic mass is 10.1. The first-order chi connectivity index (χ1) is 12.5. The van der Waals surface area contributed by atoms with Crippen molar-refractivity contribution < 1.29 is 9.50 Å². The molecule has 26 heavy (non-hydrogen) atoms. The topological polar surface area (TPSA) is 28.4 Å². The van der Waals surface area contributed by atoms with E-state index in [1.54, 1.807) is 6.07 Å². The fourth-order valence-corrected chi connectivity index (χ4v) is 3.18. The second-order valence-electron chi connectivity index (χ2n) is 7.58. The van der Waals surface area contributed by atoms with Crippen LogP contribution in [0.4, 0.5) is 4.39 Å². The summed E-state index contributed by atoms with van der Waals surface area (Å²) in [5.41, 5.74) is 1.85. The number of hydrogen-bond acceptors (Lipinski definition) is 2. The van der Waals surface area contributed by atoms with Gasteiger partial charge in [0.05, 0.1) is 12.6 Å². The molecule has 0 amide bonds. The molecule has 1 atom stereocenters. The second kappa shape index (κ2) is 10.5. The van der Waals surface area contributed by atoms with E-state index in [1.807, 2.05) is 24.4 Å². The third-order valence-corrected chi connectivity index (χ3v) is 4.72. The van der Waals surface area contributed by atoms with Gasteiger partial charge in [-0.3, -0.25) is 4.90 Å². The van der Waals surface area contributed by atoms with Crippen LogP contribution in [0, 0.1) is 11.7 Å². The molecule has 0 aliphatic heterocycles. The summed E-state index contributed by atoms with van der Waals surface area (Å²) < 4.78 is 16.1. The van der Waals surface area contributed by atoms with Gasteiger partial charge in [0.2, 0.25) is 0 Å². The Morgan fingerprint density at radius 2 is 1.88 bits per heavy atom. The molecule has 0 aliphatic carbocycles. The number of halogens is 1. The maximum absolute atomic E-state index is 14.0. The van der Waals surface area contributed by atoms with E-state index in [9.17, 15) is 9.50 Å². The van der Waals surface area contributed by atoms with Gasteiger partial charge >= 0.3 is 0 Å². The number of rotatable bonds is 11. The molecular formula is C22H33FN2O. The number of hydrogen-bond donors (Lipinski definition) is 1. The molecule has 4 heteroatoms. The van der Waals surface area contributed by atoms with Crippen molar-refractivity contribution in [2.45, 2.75) is 59.2 Å². The molecule has 1 N–H and O–H groups in total. The summed E-state index contributed by atoms with van der Waals surface area (Å²) in [7, 11) is 0. The molecule has 2 aromatic rings. The van der Waals surface area contributed by atoms with E-state index >= 15 is 0 Å². The highest BCUT2D eigenvalue weighted by atomic mass is 19.1.